The third kappa shape index (κ3) is 1.88. The number of rotatable bonds is 3. The lowest BCUT2D eigenvalue weighted by Gasteiger charge is -2.23. The summed E-state index contributed by atoms with van der Waals surface area (Å²) in [7, 11) is 0. The third-order valence-electron chi connectivity index (χ3n) is 2.29. The number of ketones is 2. The van der Waals surface area contributed by atoms with E-state index in [2.05, 4.69) is 0 Å². The normalized spacial score (nSPS) is 23.5. The highest BCUT2D eigenvalue weighted by molar-refractivity contribution is 5.92. The zero-order chi connectivity index (χ0) is 8.43. The largest absolute Gasteiger partial charge is 0.299 e. The monoisotopic (exact) mass is 154 g/mol. The van der Waals surface area contributed by atoms with Crippen LogP contribution in [-0.4, -0.2) is 11.6 Å². The van der Waals surface area contributed by atoms with E-state index in [1.165, 1.54) is 0 Å². The number of hydrogen-bond donors (Lipinski definition) is 0. The second kappa shape index (κ2) is 3.16. The first-order chi connectivity index (χ1) is 5.11. The summed E-state index contributed by atoms with van der Waals surface area (Å²) in [5.74, 6) is 0.662. The van der Waals surface area contributed by atoms with Crippen molar-refractivity contribution in [2.24, 2.45) is 11.8 Å². The van der Waals surface area contributed by atoms with Gasteiger partial charge in [0.05, 0.1) is 0 Å². The Balaban J connectivity index is 2.31. The molecule has 1 saturated carbocycles. The lowest BCUT2D eigenvalue weighted by molar-refractivity contribution is -0.134. The molecule has 0 aromatic heterocycles. The zero-order valence-electron chi connectivity index (χ0n) is 7.09. The molecule has 0 bridgehead atoms. The molecule has 0 radical (unpaired) electrons. The minimum absolute atomic E-state index is 0.0740. The first-order valence-electron chi connectivity index (χ1n) is 4.16. The summed E-state index contributed by atoms with van der Waals surface area (Å²) in [6.45, 7) is 3.76. The molecule has 0 aliphatic heterocycles. The summed E-state index contributed by atoms with van der Waals surface area (Å²) in [5, 5.41) is 0. The number of carbonyl (C=O) groups is 2. The van der Waals surface area contributed by atoms with Crippen LogP contribution in [0.25, 0.3) is 0 Å². The third-order valence-corrected chi connectivity index (χ3v) is 2.29. The van der Waals surface area contributed by atoms with Crippen molar-refractivity contribution in [3.8, 4) is 0 Å². The van der Waals surface area contributed by atoms with Gasteiger partial charge in [-0.2, -0.15) is 0 Å². The van der Waals surface area contributed by atoms with Crippen molar-refractivity contribution in [3.63, 3.8) is 0 Å². The van der Waals surface area contributed by atoms with E-state index in [4.69, 9.17) is 0 Å². The molecule has 0 aromatic carbocycles. The lowest BCUT2D eigenvalue weighted by Crippen LogP contribution is -2.29. The van der Waals surface area contributed by atoms with Crippen LogP contribution in [0.1, 0.15) is 33.1 Å². The summed E-state index contributed by atoms with van der Waals surface area (Å²) in [4.78, 5) is 22.0. The quantitative estimate of drug-likeness (QED) is 0.618. The second-order valence-corrected chi connectivity index (χ2v) is 3.53. The average Bonchev–Trinajstić information content (AvgIpc) is 1.96. The fraction of sp³-hybridized carbons (Fsp3) is 0.778. The van der Waals surface area contributed by atoms with Crippen molar-refractivity contribution in [2.45, 2.75) is 33.1 Å². The highest BCUT2D eigenvalue weighted by Crippen LogP contribution is 2.26. The lowest BCUT2D eigenvalue weighted by atomic mass is 9.79. The molecule has 1 aliphatic rings. The Morgan fingerprint density at radius 3 is 2.55 bits per heavy atom. The number of hydrogen-bond acceptors (Lipinski definition) is 2. The van der Waals surface area contributed by atoms with E-state index in [1.54, 1.807) is 0 Å². The fourth-order valence-corrected chi connectivity index (χ4v) is 1.16. The van der Waals surface area contributed by atoms with E-state index in [0.29, 0.717) is 12.8 Å². The van der Waals surface area contributed by atoms with Gasteiger partial charge in [0.1, 0.15) is 11.6 Å². The Labute approximate surface area is 67.0 Å². The summed E-state index contributed by atoms with van der Waals surface area (Å²) < 4.78 is 0. The van der Waals surface area contributed by atoms with E-state index in [-0.39, 0.29) is 23.4 Å². The maximum Gasteiger partial charge on any atom is 0.136 e. The molecule has 2 nitrogen and oxygen atoms in total. The average molecular weight is 154 g/mol. The van der Waals surface area contributed by atoms with Crippen LogP contribution < -0.4 is 0 Å². The topological polar surface area (TPSA) is 34.1 Å². The SMILES string of the molecule is CC(C)C(=O)C[C@@H]1CCC1=O. The van der Waals surface area contributed by atoms with Gasteiger partial charge < -0.3 is 0 Å². The smallest absolute Gasteiger partial charge is 0.136 e. The van der Waals surface area contributed by atoms with Crippen LogP contribution in [0.5, 0.6) is 0 Å². The van der Waals surface area contributed by atoms with Crippen LogP contribution >= 0.6 is 0 Å². The van der Waals surface area contributed by atoms with Crippen molar-refractivity contribution < 1.29 is 9.59 Å². The Hall–Kier alpha value is -0.660. The van der Waals surface area contributed by atoms with Crippen molar-refractivity contribution in [2.75, 3.05) is 0 Å². The standard InChI is InChI=1S/C9H14O2/c1-6(2)9(11)5-7-3-4-8(7)10/h6-7H,3-5H2,1-2H3/t7-/m0/s1. The molecule has 0 heterocycles. The Kier molecular flexibility index (Phi) is 2.42. The Morgan fingerprint density at radius 1 is 1.64 bits per heavy atom. The molecule has 0 saturated heterocycles. The van der Waals surface area contributed by atoms with Crippen molar-refractivity contribution in [1.82, 2.24) is 0 Å². The summed E-state index contributed by atoms with van der Waals surface area (Å²) >= 11 is 0. The molecule has 0 N–H and O–H groups in total. The predicted octanol–water partition coefficient (Wildman–Crippen LogP) is 1.58. The van der Waals surface area contributed by atoms with Gasteiger partial charge in [0.2, 0.25) is 0 Å². The molecular weight excluding hydrogens is 140 g/mol. The molecule has 1 aliphatic carbocycles. The summed E-state index contributed by atoms with van der Waals surface area (Å²) in [5.41, 5.74) is 0. The van der Waals surface area contributed by atoms with Crippen LogP contribution in [0.15, 0.2) is 0 Å². The molecule has 1 fully saturated rings. The van der Waals surface area contributed by atoms with E-state index in [9.17, 15) is 9.59 Å². The molecule has 62 valence electrons. The minimum Gasteiger partial charge on any atom is -0.299 e. The van der Waals surface area contributed by atoms with Gasteiger partial charge in [-0.15, -0.1) is 0 Å². The Morgan fingerprint density at radius 2 is 2.27 bits per heavy atom. The van der Waals surface area contributed by atoms with Crippen LogP contribution in [0.2, 0.25) is 0 Å². The van der Waals surface area contributed by atoms with Crippen molar-refractivity contribution in [1.29, 1.82) is 0 Å². The molecule has 2 heteroatoms. The van der Waals surface area contributed by atoms with Gasteiger partial charge >= 0.3 is 0 Å². The molecule has 0 aromatic rings. The molecule has 1 rings (SSSR count). The van der Waals surface area contributed by atoms with Gasteiger partial charge in [-0.05, 0) is 6.42 Å². The molecule has 11 heavy (non-hydrogen) atoms. The van der Waals surface area contributed by atoms with E-state index in [1.807, 2.05) is 13.8 Å². The summed E-state index contributed by atoms with van der Waals surface area (Å²) in [6.07, 6.45) is 2.10. The van der Waals surface area contributed by atoms with Gasteiger partial charge in [0, 0.05) is 24.7 Å². The van der Waals surface area contributed by atoms with Crippen LogP contribution in [0, 0.1) is 11.8 Å². The number of carbonyl (C=O) groups excluding carboxylic acids is 2. The molecule has 0 unspecified atom stereocenters. The molecule has 0 amide bonds. The van der Waals surface area contributed by atoms with Gasteiger partial charge in [0.25, 0.3) is 0 Å². The Bertz CT molecular complexity index is 182. The van der Waals surface area contributed by atoms with Gasteiger partial charge in [-0.1, -0.05) is 13.8 Å². The van der Waals surface area contributed by atoms with E-state index < -0.39 is 0 Å². The molecular formula is C9H14O2. The highest BCUT2D eigenvalue weighted by Gasteiger charge is 2.30. The highest BCUT2D eigenvalue weighted by atomic mass is 16.1. The number of Topliss-reactive ketones (excluding diaryl/α,β-unsaturated/α-hetero) is 2. The molecule has 1 atom stereocenters. The van der Waals surface area contributed by atoms with Gasteiger partial charge in [-0.3, -0.25) is 9.59 Å². The van der Waals surface area contributed by atoms with Gasteiger partial charge in [-0.25, -0.2) is 0 Å². The van der Waals surface area contributed by atoms with Crippen molar-refractivity contribution >= 4 is 11.6 Å². The minimum atomic E-state index is 0.0740. The first-order valence-corrected chi connectivity index (χ1v) is 4.16. The zero-order valence-corrected chi connectivity index (χ0v) is 7.09. The van der Waals surface area contributed by atoms with Crippen LogP contribution in [0.3, 0.4) is 0 Å². The van der Waals surface area contributed by atoms with E-state index >= 15 is 0 Å². The van der Waals surface area contributed by atoms with Crippen LogP contribution in [0.4, 0.5) is 0 Å². The second-order valence-electron chi connectivity index (χ2n) is 3.53. The maximum absolute atomic E-state index is 11.1. The van der Waals surface area contributed by atoms with Gasteiger partial charge in [0.15, 0.2) is 0 Å². The van der Waals surface area contributed by atoms with Crippen molar-refractivity contribution in [3.05, 3.63) is 0 Å². The molecule has 0 spiro atoms. The van der Waals surface area contributed by atoms with E-state index in [0.717, 1.165) is 6.42 Å². The summed E-state index contributed by atoms with van der Waals surface area (Å²) in [6, 6.07) is 0. The van der Waals surface area contributed by atoms with Crippen LogP contribution in [-0.2, 0) is 9.59 Å². The predicted molar refractivity (Wildman–Crippen MR) is 42.2 cm³/mol. The maximum atomic E-state index is 11.1. The fourth-order valence-electron chi connectivity index (χ4n) is 1.16. The first kappa shape index (κ1) is 8.44.